The van der Waals surface area contributed by atoms with Gasteiger partial charge in [0, 0.05) is 22.1 Å². The fourth-order valence-electron chi connectivity index (χ4n) is 8.46. The quantitative estimate of drug-likeness (QED) is 0.210. The van der Waals surface area contributed by atoms with Crippen LogP contribution in [-0.4, -0.2) is 19.9 Å². The van der Waals surface area contributed by atoms with Gasteiger partial charge in [-0.25, -0.2) is 19.9 Å². The van der Waals surface area contributed by atoms with Crippen LogP contribution in [0, 0.1) is 17.8 Å². The molecule has 0 aliphatic heterocycles. The number of fused-ring (bicyclic) bond motifs is 1. The first-order valence-corrected chi connectivity index (χ1v) is 15.6. The highest BCUT2D eigenvalue weighted by Crippen LogP contribution is 2.60. The topological polar surface area (TPSA) is 64.7 Å². The monoisotopic (exact) mass is 560 g/mol. The Bertz CT molecular complexity index is 1850. The smallest absolute Gasteiger partial charge is 0.201 e. The third kappa shape index (κ3) is 4.37. The first kappa shape index (κ1) is 24.9. The number of oxazole rings is 1. The van der Waals surface area contributed by atoms with E-state index in [9.17, 15) is 0 Å². The summed E-state index contributed by atoms with van der Waals surface area (Å²) in [5, 5.41) is 0. The van der Waals surface area contributed by atoms with Crippen LogP contribution in [0.2, 0.25) is 0 Å². The van der Waals surface area contributed by atoms with Gasteiger partial charge in [0.1, 0.15) is 5.52 Å². The Labute approximate surface area is 251 Å². The zero-order chi connectivity index (χ0) is 28.4. The fourth-order valence-corrected chi connectivity index (χ4v) is 8.46. The zero-order valence-electron chi connectivity index (χ0n) is 24.0. The van der Waals surface area contributed by atoms with Crippen LogP contribution < -0.4 is 0 Å². The lowest BCUT2D eigenvalue weighted by molar-refractivity contribution is -0.0170. The number of nitrogens with zero attached hydrogens (tertiary/aromatic N) is 4. The molecule has 5 heteroatoms. The molecule has 0 atom stereocenters. The molecule has 4 saturated carbocycles. The standard InChI is InChI=1S/C38H32N4O/c1-3-7-28(8-4-1)34-40-35(29-9-5-2-6-10-29)42-36(41-34)30-13-11-27(12-14-30)31-15-16-33-32(20-31)39-37(43-33)38-21-24-17-25(22-38)19-26(18-24)23-38/h1-16,20,24-26H,17-19,21-23H2. The molecule has 4 aliphatic carbocycles. The second-order valence-electron chi connectivity index (χ2n) is 13.0. The Morgan fingerprint density at radius 3 is 1.49 bits per heavy atom. The maximum absolute atomic E-state index is 6.48. The lowest BCUT2D eigenvalue weighted by Gasteiger charge is -2.55. The zero-order valence-corrected chi connectivity index (χ0v) is 24.0. The Hall–Kier alpha value is -4.64. The van der Waals surface area contributed by atoms with Gasteiger partial charge in [0.15, 0.2) is 23.1 Å². The van der Waals surface area contributed by atoms with Gasteiger partial charge >= 0.3 is 0 Å². The number of benzene rings is 4. The van der Waals surface area contributed by atoms with Gasteiger partial charge in [-0.05, 0) is 79.5 Å². The highest BCUT2D eigenvalue weighted by Gasteiger charge is 2.54. The van der Waals surface area contributed by atoms with Crippen LogP contribution in [0.4, 0.5) is 0 Å². The molecule has 6 aromatic rings. The minimum atomic E-state index is 0.164. The second-order valence-corrected chi connectivity index (χ2v) is 13.0. The molecular weight excluding hydrogens is 528 g/mol. The molecule has 4 bridgehead atoms. The van der Waals surface area contributed by atoms with Crippen molar-refractivity contribution in [2.45, 2.75) is 43.9 Å². The molecule has 4 fully saturated rings. The SMILES string of the molecule is c1ccc(-c2nc(-c3ccccc3)nc(-c3ccc(-c4ccc5oc(C67CC8CC(CC(C8)C6)C7)nc5c4)cc3)n2)cc1. The lowest BCUT2D eigenvalue weighted by atomic mass is 9.49. The summed E-state index contributed by atoms with van der Waals surface area (Å²) in [7, 11) is 0. The van der Waals surface area contributed by atoms with E-state index in [4.69, 9.17) is 24.4 Å². The molecule has 0 unspecified atom stereocenters. The molecule has 5 nitrogen and oxygen atoms in total. The van der Waals surface area contributed by atoms with E-state index >= 15 is 0 Å². The van der Waals surface area contributed by atoms with Crippen LogP contribution in [0.25, 0.3) is 56.4 Å². The number of hydrogen-bond donors (Lipinski definition) is 0. The Morgan fingerprint density at radius 2 is 0.953 bits per heavy atom. The maximum atomic E-state index is 6.48. The Balaban J connectivity index is 1.05. The minimum absolute atomic E-state index is 0.164. The third-order valence-electron chi connectivity index (χ3n) is 10.1. The van der Waals surface area contributed by atoms with E-state index in [2.05, 4.69) is 42.5 Å². The van der Waals surface area contributed by atoms with Crippen LogP contribution in [-0.2, 0) is 5.41 Å². The molecule has 2 heterocycles. The van der Waals surface area contributed by atoms with Crippen molar-refractivity contribution in [3.8, 4) is 45.3 Å². The highest BCUT2D eigenvalue weighted by atomic mass is 16.3. The van der Waals surface area contributed by atoms with Crippen molar-refractivity contribution < 1.29 is 4.42 Å². The maximum Gasteiger partial charge on any atom is 0.201 e. The minimum Gasteiger partial charge on any atom is -0.440 e. The highest BCUT2D eigenvalue weighted by molar-refractivity contribution is 5.81. The van der Waals surface area contributed by atoms with Gasteiger partial charge in [-0.3, -0.25) is 0 Å². The summed E-state index contributed by atoms with van der Waals surface area (Å²) in [4.78, 5) is 19.7. The van der Waals surface area contributed by atoms with Gasteiger partial charge in [0.25, 0.3) is 0 Å². The molecule has 0 spiro atoms. The van der Waals surface area contributed by atoms with E-state index in [1.165, 1.54) is 38.5 Å². The van der Waals surface area contributed by atoms with Gasteiger partial charge in [-0.1, -0.05) is 91.0 Å². The van der Waals surface area contributed by atoms with Crippen molar-refractivity contribution in [1.29, 1.82) is 0 Å². The van der Waals surface area contributed by atoms with E-state index in [1.807, 2.05) is 60.7 Å². The molecule has 0 N–H and O–H groups in total. The van der Waals surface area contributed by atoms with Crippen LogP contribution in [0.15, 0.2) is 108 Å². The van der Waals surface area contributed by atoms with Crippen molar-refractivity contribution in [1.82, 2.24) is 19.9 Å². The summed E-state index contributed by atoms with van der Waals surface area (Å²) in [6.07, 6.45) is 8.04. The summed E-state index contributed by atoms with van der Waals surface area (Å²) in [5.74, 6) is 5.59. The van der Waals surface area contributed by atoms with E-state index in [1.54, 1.807) is 0 Å². The predicted molar refractivity (Wildman–Crippen MR) is 169 cm³/mol. The number of rotatable bonds is 5. The normalized spacial score (nSPS) is 24.0. The van der Waals surface area contributed by atoms with Crippen LogP contribution >= 0.6 is 0 Å². The molecular formula is C38H32N4O. The molecule has 10 rings (SSSR count). The van der Waals surface area contributed by atoms with Gasteiger partial charge in [0.2, 0.25) is 5.89 Å². The molecule has 2 aromatic heterocycles. The average Bonchev–Trinajstić information content (AvgIpc) is 3.50. The van der Waals surface area contributed by atoms with Crippen LogP contribution in [0.1, 0.15) is 44.4 Å². The predicted octanol–water partition coefficient (Wildman–Crippen LogP) is 9.15. The summed E-state index contributed by atoms with van der Waals surface area (Å²) in [6.45, 7) is 0. The van der Waals surface area contributed by atoms with Crippen molar-refractivity contribution in [3.05, 3.63) is 109 Å². The van der Waals surface area contributed by atoms with Gasteiger partial charge in [0.05, 0.1) is 0 Å². The summed E-state index contributed by atoms with van der Waals surface area (Å²) in [5.41, 5.74) is 7.18. The van der Waals surface area contributed by atoms with Crippen LogP contribution in [0.5, 0.6) is 0 Å². The van der Waals surface area contributed by atoms with Crippen molar-refractivity contribution in [2.75, 3.05) is 0 Å². The first-order chi connectivity index (χ1) is 21.2. The van der Waals surface area contributed by atoms with E-state index in [-0.39, 0.29) is 5.41 Å². The summed E-state index contributed by atoms with van der Waals surface area (Å²) >= 11 is 0. The largest absolute Gasteiger partial charge is 0.440 e. The van der Waals surface area contributed by atoms with Gasteiger partial charge in [-0.2, -0.15) is 0 Å². The lowest BCUT2D eigenvalue weighted by Crippen LogP contribution is -2.48. The van der Waals surface area contributed by atoms with Gasteiger partial charge < -0.3 is 4.42 Å². The van der Waals surface area contributed by atoms with E-state index in [0.29, 0.717) is 17.5 Å². The summed E-state index contributed by atoms with van der Waals surface area (Å²) < 4.78 is 6.48. The molecule has 210 valence electrons. The molecule has 0 saturated heterocycles. The molecule has 0 amide bonds. The third-order valence-corrected chi connectivity index (χ3v) is 10.1. The molecule has 0 radical (unpaired) electrons. The molecule has 4 aromatic carbocycles. The Morgan fingerprint density at radius 1 is 0.488 bits per heavy atom. The molecule has 4 aliphatic rings. The average molecular weight is 561 g/mol. The number of aromatic nitrogens is 4. The van der Waals surface area contributed by atoms with E-state index in [0.717, 1.165) is 62.6 Å². The van der Waals surface area contributed by atoms with Crippen molar-refractivity contribution >= 4 is 11.1 Å². The molecule has 43 heavy (non-hydrogen) atoms. The fraction of sp³-hybridized carbons (Fsp3) is 0.263. The number of hydrogen-bond acceptors (Lipinski definition) is 5. The van der Waals surface area contributed by atoms with E-state index < -0.39 is 0 Å². The first-order valence-electron chi connectivity index (χ1n) is 15.6. The van der Waals surface area contributed by atoms with Gasteiger partial charge in [-0.15, -0.1) is 0 Å². The summed E-state index contributed by atoms with van der Waals surface area (Å²) in [6, 6.07) is 35.1. The van der Waals surface area contributed by atoms with Crippen LogP contribution in [0.3, 0.4) is 0 Å². The second kappa shape index (κ2) is 9.70. The Kier molecular flexibility index (Phi) is 5.62. The van der Waals surface area contributed by atoms with Crippen molar-refractivity contribution in [3.63, 3.8) is 0 Å². The van der Waals surface area contributed by atoms with Crippen molar-refractivity contribution in [2.24, 2.45) is 17.8 Å².